The molecule has 0 radical (unpaired) electrons. The van der Waals surface area contributed by atoms with Gasteiger partial charge in [0.05, 0.1) is 12.2 Å². The van der Waals surface area contributed by atoms with E-state index in [0.29, 0.717) is 17.9 Å². The largest absolute Gasteiger partial charge is 0.468 e. The Morgan fingerprint density at radius 3 is 2.31 bits per heavy atom. The van der Waals surface area contributed by atoms with Gasteiger partial charge in [0, 0.05) is 7.11 Å². The smallest absolute Gasteiger partial charge is 0.339 e. The zero-order valence-electron chi connectivity index (χ0n) is 15.9. The third kappa shape index (κ3) is 4.96. The molecule has 4 heteroatoms. The second kappa shape index (κ2) is 9.78. The summed E-state index contributed by atoms with van der Waals surface area (Å²) in [6.07, 6.45) is 0.722. The van der Waals surface area contributed by atoms with E-state index >= 15 is 0 Å². The molecule has 2 aromatic rings. The molecule has 0 amide bonds. The van der Waals surface area contributed by atoms with Gasteiger partial charge in [-0.3, -0.25) is 0 Å². The first kappa shape index (κ1) is 19.7. The number of esters is 1. The van der Waals surface area contributed by atoms with Gasteiger partial charge in [-0.05, 0) is 49.1 Å². The number of hydrogen-bond donors (Lipinski definition) is 0. The van der Waals surface area contributed by atoms with Crippen LogP contribution in [0.4, 0.5) is 0 Å². The summed E-state index contributed by atoms with van der Waals surface area (Å²) < 4.78 is 15.7. The fourth-order valence-electron chi connectivity index (χ4n) is 2.82. The van der Waals surface area contributed by atoms with Crippen LogP contribution in [0, 0.1) is 6.92 Å². The van der Waals surface area contributed by atoms with Crippen molar-refractivity contribution in [2.45, 2.75) is 27.2 Å². The third-order valence-electron chi connectivity index (χ3n) is 3.99. The van der Waals surface area contributed by atoms with E-state index in [0.717, 1.165) is 28.7 Å². The number of ether oxygens (including phenoxy) is 3. The van der Waals surface area contributed by atoms with Gasteiger partial charge in [-0.25, -0.2) is 4.79 Å². The molecule has 0 heterocycles. The first-order valence-corrected chi connectivity index (χ1v) is 8.80. The Morgan fingerprint density at radius 2 is 1.73 bits per heavy atom. The molecule has 2 rings (SSSR count). The second-order valence-electron chi connectivity index (χ2n) is 5.87. The standard InChI is InChI=1S/C22H26O4/c1-5-20(18-9-7-8-16(3)14-18)21(22(23)25-6-2)17-10-12-19(13-11-17)26-15-24-4/h7-14H,5-6,15H2,1-4H3. The highest BCUT2D eigenvalue weighted by Gasteiger charge is 2.19. The lowest BCUT2D eigenvalue weighted by Crippen LogP contribution is -2.09. The maximum atomic E-state index is 12.7. The summed E-state index contributed by atoms with van der Waals surface area (Å²) in [6, 6.07) is 15.6. The number of benzene rings is 2. The van der Waals surface area contributed by atoms with Crippen LogP contribution in [0.5, 0.6) is 5.75 Å². The molecule has 0 bridgehead atoms. The summed E-state index contributed by atoms with van der Waals surface area (Å²) in [6.45, 7) is 6.43. The zero-order chi connectivity index (χ0) is 18.9. The topological polar surface area (TPSA) is 44.8 Å². The molecule has 26 heavy (non-hydrogen) atoms. The van der Waals surface area contributed by atoms with Crippen molar-refractivity contribution in [2.24, 2.45) is 0 Å². The number of rotatable bonds is 8. The molecule has 0 unspecified atom stereocenters. The highest BCUT2D eigenvalue weighted by atomic mass is 16.7. The molecule has 0 aromatic heterocycles. The molecule has 0 fully saturated rings. The Bertz CT molecular complexity index is 760. The van der Waals surface area contributed by atoms with Crippen LogP contribution in [0.15, 0.2) is 48.5 Å². The fourth-order valence-corrected chi connectivity index (χ4v) is 2.82. The predicted molar refractivity (Wildman–Crippen MR) is 104 cm³/mol. The number of aryl methyl sites for hydroxylation is 1. The molecular weight excluding hydrogens is 328 g/mol. The van der Waals surface area contributed by atoms with Crippen LogP contribution in [-0.4, -0.2) is 26.5 Å². The summed E-state index contributed by atoms with van der Waals surface area (Å²) in [4.78, 5) is 12.7. The van der Waals surface area contributed by atoms with Crippen molar-refractivity contribution in [1.29, 1.82) is 0 Å². The summed E-state index contributed by atoms with van der Waals surface area (Å²) in [7, 11) is 1.57. The Hall–Kier alpha value is -2.59. The highest BCUT2D eigenvalue weighted by Crippen LogP contribution is 2.31. The van der Waals surface area contributed by atoms with Crippen molar-refractivity contribution in [1.82, 2.24) is 0 Å². The van der Waals surface area contributed by atoms with E-state index in [9.17, 15) is 4.79 Å². The number of carbonyl (C=O) groups is 1. The molecule has 138 valence electrons. The number of hydrogen-bond acceptors (Lipinski definition) is 4. The van der Waals surface area contributed by atoms with Gasteiger partial charge in [0.15, 0.2) is 6.79 Å². The van der Waals surface area contributed by atoms with Crippen LogP contribution in [0.25, 0.3) is 11.1 Å². The molecule has 0 N–H and O–H groups in total. The SMILES string of the molecule is CCOC(=O)C(=C(CC)c1cccc(C)c1)c1ccc(OCOC)cc1. The Balaban J connectivity index is 2.52. The fraction of sp³-hybridized carbons (Fsp3) is 0.318. The van der Waals surface area contributed by atoms with Crippen LogP contribution < -0.4 is 4.74 Å². The van der Waals surface area contributed by atoms with Crippen molar-refractivity contribution >= 4 is 17.1 Å². The van der Waals surface area contributed by atoms with Crippen LogP contribution in [0.2, 0.25) is 0 Å². The first-order chi connectivity index (χ1) is 12.6. The second-order valence-corrected chi connectivity index (χ2v) is 5.87. The Labute approximate surface area is 155 Å². The molecule has 0 aliphatic carbocycles. The van der Waals surface area contributed by atoms with Gasteiger partial charge in [-0.15, -0.1) is 0 Å². The van der Waals surface area contributed by atoms with E-state index in [2.05, 4.69) is 6.07 Å². The minimum Gasteiger partial charge on any atom is -0.468 e. The van der Waals surface area contributed by atoms with Crippen LogP contribution in [0.3, 0.4) is 0 Å². The first-order valence-electron chi connectivity index (χ1n) is 8.80. The molecular formula is C22H26O4. The zero-order valence-corrected chi connectivity index (χ0v) is 15.9. The molecule has 2 aromatic carbocycles. The van der Waals surface area contributed by atoms with Gasteiger partial charge < -0.3 is 14.2 Å². The van der Waals surface area contributed by atoms with Crippen LogP contribution in [0.1, 0.15) is 37.0 Å². The molecule has 0 aliphatic rings. The van der Waals surface area contributed by atoms with E-state index in [1.54, 1.807) is 7.11 Å². The Kier molecular flexibility index (Phi) is 7.42. The molecule has 0 aliphatic heterocycles. The van der Waals surface area contributed by atoms with Crippen molar-refractivity contribution in [3.63, 3.8) is 0 Å². The Morgan fingerprint density at radius 1 is 1.00 bits per heavy atom. The lowest BCUT2D eigenvalue weighted by Gasteiger charge is -2.15. The quantitative estimate of drug-likeness (QED) is 0.294. The number of carbonyl (C=O) groups excluding carboxylic acids is 1. The van der Waals surface area contributed by atoms with Gasteiger partial charge in [0.1, 0.15) is 5.75 Å². The molecule has 0 saturated heterocycles. The van der Waals surface area contributed by atoms with E-state index < -0.39 is 0 Å². The van der Waals surface area contributed by atoms with Crippen molar-refractivity contribution in [2.75, 3.05) is 20.5 Å². The van der Waals surface area contributed by atoms with Gasteiger partial charge in [0.2, 0.25) is 0 Å². The van der Waals surface area contributed by atoms with Crippen molar-refractivity contribution in [3.8, 4) is 5.75 Å². The van der Waals surface area contributed by atoms with Gasteiger partial charge in [0.25, 0.3) is 0 Å². The van der Waals surface area contributed by atoms with Crippen molar-refractivity contribution < 1.29 is 19.0 Å². The minimum absolute atomic E-state index is 0.184. The number of methoxy groups -OCH3 is 1. The van der Waals surface area contributed by atoms with Gasteiger partial charge in [-0.2, -0.15) is 0 Å². The highest BCUT2D eigenvalue weighted by molar-refractivity contribution is 6.24. The normalized spacial score (nSPS) is 11.7. The lowest BCUT2D eigenvalue weighted by atomic mass is 9.92. The maximum absolute atomic E-state index is 12.7. The molecule has 0 spiro atoms. The minimum atomic E-state index is -0.309. The molecule has 4 nitrogen and oxygen atoms in total. The lowest BCUT2D eigenvalue weighted by molar-refractivity contribution is -0.136. The predicted octanol–water partition coefficient (Wildman–Crippen LogP) is 4.86. The third-order valence-corrected chi connectivity index (χ3v) is 3.99. The van der Waals surface area contributed by atoms with Gasteiger partial charge >= 0.3 is 5.97 Å². The average Bonchev–Trinajstić information content (AvgIpc) is 2.65. The van der Waals surface area contributed by atoms with E-state index in [4.69, 9.17) is 14.2 Å². The molecule has 0 saturated carbocycles. The number of allylic oxidation sites excluding steroid dienone is 1. The average molecular weight is 354 g/mol. The van der Waals surface area contributed by atoms with Crippen LogP contribution >= 0.6 is 0 Å². The van der Waals surface area contributed by atoms with Crippen molar-refractivity contribution in [3.05, 3.63) is 65.2 Å². The van der Waals surface area contributed by atoms with Crippen LogP contribution in [-0.2, 0) is 14.3 Å². The summed E-state index contributed by atoms with van der Waals surface area (Å²) in [5, 5.41) is 0. The molecule has 0 atom stereocenters. The summed E-state index contributed by atoms with van der Waals surface area (Å²) >= 11 is 0. The summed E-state index contributed by atoms with van der Waals surface area (Å²) in [5.74, 6) is 0.379. The summed E-state index contributed by atoms with van der Waals surface area (Å²) in [5.41, 5.74) is 4.57. The monoisotopic (exact) mass is 354 g/mol. The van der Waals surface area contributed by atoms with Gasteiger partial charge in [-0.1, -0.05) is 48.9 Å². The maximum Gasteiger partial charge on any atom is 0.339 e. The van der Waals surface area contributed by atoms with E-state index in [1.165, 1.54) is 0 Å². The van der Waals surface area contributed by atoms with E-state index in [1.807, 2.05) is 63.2 Å². The van der Waals surface area contributed by atoms with E-state index in [-0.39, 0.29) is 12.8 Å².